The predicted octanol–water partition coefficient (Wildman–Crippen LogP) is 3.01. The van der Waals surface area contributed by atoms with Gasteiger partial charge in [0, 0.05) is 25.0 Å². The van der Waals surface area contributed by atoms with Gasteiger partial charge in [-0.1, -0.05) is 6.07 Å². The van der Waals surface area contributed by atoms with Crippen molar-refractivity contribution in [1.29, 1.82) is 0 Å². The van der Waals surface area contributed by atoms with Gasteiger partial charge >= 0.3 is 0 Å². The maximum Gasteiger partial charge on any atom is 0.171 e. The molecule has 0 fully saturated rings. The first-order valence-corrected chi connectivity index (χ1v) is 7.37. The molecule has 0 amide bonds. The number of benzene rings is 1. The standard InChI is InChI=1S/C17H21N3O/c1-12(2)21-16-4-3-8-19-17(16)20-9-7-13-5-6-15(18)10-14(13)11-20/h3-6,8,10,12H,7,9,11,18H2,1-2H3. The number of nitrogens with two attached hydrogens (primary N) is 1. The van der Waals surface area contributed by atoms with Crippen LogP contribution in [0.15, 0.2) is 36.5 Å². The molecule has 1 aromatic heterocycles. The highest BCUT2D eigenvalue weighted by atomic mass is 16.5. The van der Waals surface area contributed by atoms with Crippen LogP contribution in [0.25, 0.3) is 0 Å². The molecule has 0 unspecified atom stereocenters. The molecule has 1 aliphatic heterocycles. The SMILES string of the molecule is CC(C)Oc1cccnc1N1CCc2ccc(N)cc2C1. The minimum Gasteiger partial charge on any atom is -0.487 e. The zero-order chi connectivity index (χ0) is 14.8. The first-order valence-electron chi connectivity index (χ1n) is 7.37. The summed E-state index contributed by atoms with van der Waals surface area (Å²) in [7, 11) is 0. The van der Waals surface area contributed by atoms with Gasteiger partial charge in [-0.3, -0.25) is 0 Å². The Hall–Kier alpha value is -2.23. The van der Waals surface area contributed by atoms with Gasteiger partial charge in [0.25, 0.3) is 0 Å². The van der Waals surface area contributed by atoms with Crippen LogP contribution in [0.4, 0.5) is 11.5 Å². The third-order valence-electron chi connectivity index (χ3n) is 3.66. The van der Waals surface area contributed by atoms with Gasteiger partial charge in [-0.2, -0.15) is 0 Å². The second-order valence-corrected chi connectivity index (χ2v) is 5.69. The average molecular weight is 283 g/mol. The van der Waals surface area contributed by atoms with Crippen molar-refractivity contribution in [3.8, 4) is 5.75 Å². The molecule has 0 saturated carbocycles. The highest BCUT2D eigenvalue weighted by molar-refractivity contribution is 5.55. The second kappa shape index (κ2) is 5.64. The summed E-state index contributed by atoms with van der Waals surface area (Å²) in [6.07, 6.45) is 2.96. The molecule has 4 heteroatoms. The number of rotatable bonds is 3. The Labute approximate surface area is 125 Å². The number of hydrogen-bond acceptors (Lipinski definition) is 4. The zero-order valence-electron chi connectivity index (χ0n) is 12.5. The van der Waals surface area contributed by atoms with Crippen LogP contribution < -0.4 is 15.4 Å². The summed E-state index contributed by atoms with van der Waals surface area (Å²) in [6.45, 7) is 5.83. The van der Waals surface area contributed by atoms with Crippen molar-refractivity contribution in [3.63, 3.8) is 0 Å². The van der Waals surface area contributed by atoms with E-state index in [9.17, 15) is 0 Å². The number of nitrogen functional groups attached to an aromatic ring is 1. The molecule has 4 nitrogen and oxygen atoms in total. The van der Waals surface area contributed by atoms with Gasteiger partial charge in [0.1, 0.15) is 0 Å². The van der Waals surface area contributed by atoms with Gasteiger partial charge in [0.15, 0.2) is 11.6 Å². The Balaban J connectivity index is 1.89. The normalized spacial score (nSPS) is 14.1. The third-order valence-corrected chi connectivity index (χ3v) is 3.66. The van der Waals surface area contributed by atoms with Gasteiger partial charge in [-0.05, 0) is 55.7 Å². The molecule has 2 N–H and O–H groups in total. The molecular formula is C17H21N3O. The maximum atomic E-state index is 5.90. The first kappa shape index (κ1) is 13.7. The van der Waals surface area contributed by atoms with E-state index in [1.165, 1.54) is 11.1 Å². The van der Waals surface area contributed by atoms with Crippen molar-refractivity contribution in [2.45, 2.75) is 32.9 Å². The number of hydrogen-bond donors (Lipinski definition) is 1. The van der Waals surface area contributed by atoms with Crippen molar-refractivity contribution in [2.24, 2.45) is 0 Å². The molecule has 21 heavy (non-hydrogen) atoms. The van der Waals surface area contributed by atoms with Gasteiger partial charge in [-0.25, -0.2) is 4.98 Å². The number of anilines is 2. The molecule has 1 aliphatic rings. The lowest BCUT2D eigenvalue weighted by molar-refractivity contribution is 0.242. The minimum atomic E-state index is 0.140. The van der Waals surface area contributed by atoms with Crippen LogP contribution in [0.3, 0.4) is 0 Å². The van der Waals surface area contributed by atoms with E-state index in [1.54, 1.807) is 0 Å². The lowest BCUT2D eigenvalue weighted by Gasteiger charge is -2.31. The van der Waals surface area contributed by atoms with E-state index in [4.69, 9.17) is 10.5 Å². The minimum absolute atomic E-state index is 0.140. The lowest BCUT2D eigenvalue weighted by atomic mass is 9.99. The van der Waals surface area contributed by atoms with Gasteiger partial charge < -0.3 is 15.4 Å². The molecule has 2 heterocycles. The molecule has 0 aliphatic carbocycles. The predicted molar refractivity (Wildman–Crippen MR) is 85.6 cm³/mol. The number of ether oxygens (including phenoxy) is 1. The number of aromatic nitrogens is 1. The van der Waals surface area contributed by atoms with Crippen LogP contribution in [0, 0.1) is 0 Å². The number of pyridine rings is 1. The topological polar surface area (TPSA) is 51.4 Å². The molecule has 0 atom stereocenters. The quantitative estimate of drug-likeness (QED) is 0.880. The highest BCUT2D eigenvalue weighted by Gasteiger charge is 2.20. The molecule has 2 aromatic rings. The summed E-state index contributed by atoms with van der Waals surface area (Å²) in [4.78, 5) is 6.78. The summed E-state index contributed by atoms with van der Waals surface area (Å²) < 4.78 is 5.88. The Morgan fingerprint density at radius 1 is 1.24 bits per heavy atom. The van der Waals surface area contributed by atoms with Crippen molar-refractivity contribution >= 4 is 11.5 Å². The van der Waals surface area contributed by atoms with Crippen molar-refractivity contribution in [3.05, 3.63) is 47.7 Å². The van der Waals surface area contributed by atoms with Crippen LogP contribution in [-0.4, -0.2) is 17.6 Å². The van der Waals surface area contributed by atoms with Crippen molar-refractivity contribution in [2.75, 3.05) is 17.2 Å². The molecule has 0 saturated heterocycles. The van der Waals surface area contributed by atoms with Crippen molar-refractivity contribution in [1.82, 2.24) is 4.98 Å². The van der Waals surface area contributed by atoms with E-state index in [0.717, 1.165) is 36.8 Å². The molecule has 3 rings (SSSR count). The molecule has 0 bridgehead atoms. The third kappa shape index (κ3) is 2.94. The van der Waals surface area contributed by atoms with Gasteiger partial charge in [0.2, 0.25) is 0 Å². The van der Waals surface area contributed by atoms with Crippen LogP contribution in [0.5, 0.6) is 5.75 Å². The van der Waals surface area contributed by atoms with E-state index in [-0.39, 0.29) is 6.10 Å². The number of nitrogens with zero attached hydrogens (tertiary/aromatic N) is 2. The highest BCUT2D eigenvalue weighted by Crippen LogP contribution is 2.31. The molecule has 0 radical (unpaired) electrons. The van der Waals surface area contributed by atoms with Crippen LogP contribution in [0.2, 0.25) is 0 Å². The summed E-state index contributed by atoms with van der Waals surface area (Å²) >= 11 is 0. The zero-order valence-corrected chi connectivity index (χ0v) is 12.5. The Bertz CT molecular complexity index is 640. The average Bonchev–Trinajstić information content (AvgIpc) is 2.46. The number of fused-ring (bicyclic) bond motifs is 1. The van der Waals surface area contributed by atoms with Crippen LogP contribution in [-0.2, 0) is 13.0 Å². The fraction of sp³-hybridized carbons (Fsp3) is 0.353. The van der Waals surface area contributed by atoms with Gasteiger partial charge in [0.05, 0.1) is 6.10 Å². The summed E-state index contributed by atoms with van der Waals surface area (Å²) in [5, 5.41) is 0. The second-order valence-electron chi connectivity index (χ2n) is 5.69. The molecule has 110 valence electrons. The lowest BCUT2D eigenvalue weighted by Crippen LogP contribution is -2.31. The Morgan fingerprint density at radius 3 is 2.90 bits per heavy atom. The summed E-state index contributed by atoms with van der Waals surface area (Å²) in [5.41, 5.74) is 9.38. The fourth-order valence-corrected chi connectivity index (χ4v) is 2.72. The van der Waals surface area contributed by atoms with Crippen LogP contribution in [0.1, 0.15) is 25.0 Å². The van der Waals surface area contributed by atoms with Gasteiger partial charge in [-0.15, -0.1) is 0 Å². The monoisotopic (exact) mass is 283 g/mol. The maximum absolute atomic E-state index is 5.90. The van der Waals surface area contributed by atoms with E-state index in [2.05, 4.69) is 22.0 Å². The largest absolute Gasteiger partial charge is 0.487 e. The fourth-order valence-electron chi connectivity index (χ4n) is 2.72. The smallest absolute Gasteiger partial charge is 0.171 e. The Morgan fingerprint density at radius 2 is 2.10 bits per heavy atom. The molecule has 0 spiro atoms. The Kier molecular flexibility index (Phi) is 3.69. The molecule has 1 aromatic carbocycles. The van der Waals surface area contributed by atoms with E-state index in [0.29, 0.717) is 0 Å². The first-order chi connectivity index (χ1) is 10.1. The van der Waals surface area contributed by atoms with Crippen molar-refractivity contribution < 1.29 is 4.74 Å². The summed E-state index contributed by atoms with van der Waals surface area (Å²) in [6, 6.07) is 10.1. The van der Waals surface area contributed by atoms with Crippen LogP contribution >= 0.6 is 0 Å². The molecular weight excluding hydrogens is 262 g/mol. The van der Waals surface area contributed by atoms with E-state index in [1.807, 2.05) is 38.2 Å². The van der Waals surface area contributed by atoms with E-state index >= 15 is 0 Å². The van der Waals surface area contributed by atoms with E-state index < -0.39 is 0 Å². The summed E-state index contributed by atoms with van der Waals surface area (Å²) in [5.74, 6) is 1.76.